The minimum Gasteiger partial charge on any atom is -0.338 e. The van der Waals surface area contributed by atoms with Gasteiger partial charge in [-0.1, -0.05) is 23.8 Å². The van der Waals surface area contributed by atoms with Crippen LogP contribution in [0, 0.1) is 12.7 Å². The molecule has 1 saturated heterocycles. The molecule has 0 saturated carbocycles. The quantitative estimate of drug-likeness (QED) is 0.699. The Kier molecular flexibility index (Phi) is 6.36. The van der Waals surface area contributed by atoms with Gasteiger partial charge >= 0.3 is 0 Å². The van der Waals surface area contributed by atoms with E-state index in [2.05, 4.69) is 22.5 Å². The summed E-state index contributed by atoms with van der Waals surface area (Å²) < 4.78 is 13.2. The summed E-state index contributed by atoms with van der Waals surface area (Å²) in [5.74, 6) is -0.465. The van der Waals surface area contributed by atoms with Gasteiger partial charge in [0.1, 0.15) is 5.82 Å². The van der Waals surface area contributed by atoms with Crippen LogP contribution in [-0.2, 0) is 4.79 Å². The van der Waals surface area contributed by atoms with E-state index >= 15 is 0 Å². The van der Waals surface area contributed by atoms with Crippen LogP contribution in [0.2, 0.25) is 0 Å². The van der Waals surface area contributed by atoms with Crippen molar-refractivity contribution in [2.45, 2.75) is 6.92 Å². The lowest BCUT2D eigenvalue weighted by Gasteiger charge is -2.33. The number of anilines is 2. The minimum absolute atomic E-state index is 0.107. The van der Waals surface area contributed by atoms with E-state index in [1.165, 1.54) is 22.6 Å². The Morgan fingerprint density at radius 2 is 1.81 bits per heavy atom. The summed E-state index contributed by atoms with van der Waals surface area (Å²) in [6.45, 7) is 5.65. The number of nitrogens with one attached hydrogen (secondary N) is 3. The fraction of sp³-hybridized carbons (Fsp3) is 0.300. The van der Waals surface area contributed by atoms with E-state index in [0.717, 1.165) is 31.9 Å². The van der Waals surface area contributed by atoms with Crippen LogP contribution in [0.1, 0.15) is 5.56 Å². The molecule has 0 atom stereocenters. The third-order valence-corrected chi connectivity index (χ3v) is 4.94. The van der Waals surface area contributed by atoms with Crippen LogP contribution in [0.25, 0.3) is 0 Å². The second-order valence-electron chi connectivity index (χ2n) is 6.77. The maximum absolute atomic E-state index is 13.2. The van der Waals surface area contributed by atoms with Crippen molar-refractivity contribution in [1.82, 2.24) is 4.90 Å². The molecule has 1 aliphatic rings. The van der Waals surface area contributed by atoms with Gasteiger partial charge in [0.2, 0.25) is 0 Å². The van der Waals surface area contributed by atoms with Gasteiger partial charge in [0.05, 0.1) is 26.2 Å². The minimum atomic E-state index is -0.358. The maximum atomic E-state index is 13.2. The normalized spacial score (nSPS) is 14.7. The van der Waals surface area contributed by atoms with Gasteiger partial charge in [-0.25, -0.2) is 4.39 Å². The lowest BCUT2D eigenvalue weighted by Crippen LogP contribution is -3.15. The number of hydrogen-bond donors (Lipinski definition) is 3. The van der Waals surface area contributed by atoms with Crippen LogP contribution in [-0.4, -0.2) is 48.6 Å². The van der Waals surface area contributed by atoms with Crippen molar-refractivity contribution in [2.24, 2.45) is 0 Å². The van der Waals surface area contributed by atoms with E-state index < -0.39 is 0 Å². The van der Waals surface area contributed by atoms with E-state index in [9.17, 15) is 9.18 Å². The Hall–Kier alpha value is -2.51. The average Bonchev–Trinajstić information content (AvgIpc) is 2.64. The van der Waals surface area contributed by atoms with Crippen molar-refractivity contribution in [3.63, 3.8) is 0 Å². The standard InChI is InChI=1S/C20H23FN4OS/c1-15-5-7-17(8-6-15)23-20(27)25-11-9-24(10-12-25)14-19(26)22-18-4-2-3-16(21)13-18/h2-8,13H,9-12,14H2,1H3,(H,22,26)(H,23,27)/p+1. The Bertz CT molecular complexity index is 804. The van der Waals surface area contributed by atoms with E-state index in [4.69, 9.17) is 12.2 Å². The summed E-state index contributed by atoms with van der Waals surface area (Å²) in [4.78, 5) is 15.5. The van der Waals surface area contributed by atoms with Crippen molar-refractivity contribution < 1.29 is 14.1 Å². The Balaban J connectivity index is 1.43. The average molecular weight is 388 g/mol. The smallest absolute Gasteiger partial charge is 0.279 e. The molecule has 7 heteroatoms. The topological polar surface area (TPSA) is 48.8 Å². The lowest BCUT2D eigenvalue weighted by atomic mass is 10.2. The molecule has 1 amide bonds. The van der Waals surface area contributed by atoms with Crippen LogP contribution in [0.3, 0.4) is 0 Å². The number of benzene rings is 2. The first-order chi connectivity index (χ1) is 13.0. The van der Waals surface area contributed by atoms with Crippen LogP contribution < -0.4 is 15.5 Å². The van der Waals surface area contributed by atoms with E-state index in [1.807, 2.05) is 24.3 Å². The highest BCUT2D eigenvalue weighted by Crippen LogP contribution is 2.10. The number of hydrogen-bond acceptors (Lipinski definition) is 2. The molecule has 2 aromatic rings. The first kappa shape index (κ1) is 19.3. The zero-order chi connectivity index (χ0) is 19.2. The highest BCUT2D eigenvalue weighted by Gasteiger charge is 2.23. The third kappa shape index (κ3) is 5.74. The molecule has 142 valence electrons. The number of carbonyl (C=O) groups is 1. The number of nitrogens with zero attached hydrogens (tertiary/aromatic N) is 1. The molecule has 27 heavy (non-hydrogen) atoms. The molecule has 0 aliphatic carbocycles. The van der Waals surface area contributed by atoms with Gasteiger partial charge in [0.25, 0.3) is 5.91 Å². The number of aryl methyl sites for hydroxylation is 1. The lowest BCUT2D eigenvalue weighted by molar-refractivity contribution is -0.895. The summed E-state index contributed by atoms with van der Waals surface area (Å²) >= 11 is 5.50. The molecule has 3 rings (SSSR count). The second kappa shape index (κ2) is 8.92. The number of amides is 1. The van der Waals surface area contributed by atoms with Gasteiger partial charge in [0, 0.05) is 11.4 Å². The van der Waals surface area contributed by atoms with Crippen LogP contribution in [0.15, 0.2) is 48.5 Å². The van der Waals surface area contributed by atoms with Crippen molar-refractivity contribution in [1.29, 1.82) is 0 Å². The van der Waals surface area contributed by atoms with Crippen molar-refractivity contribution in [3.8, 4) is 0 Å². The summed E-state index contributed by atoms with van der Waals surface area (Å²) in [5, 5.41) is 6.73. The van der Waals surface area contributed by atoms with Gasteiger partial charge in [-0.05, 0) is 49.5 Å². The summed E-state index contributed by atoms with van der Waals surface area (Å²) in [5.41, 5.74) is 2.68. The number of rotatable bonds is 4. The highest BCUT2D eigenvalue weighted by atomic mass is 32.1. The van der Waals surface area contributed by atoms with Gasteiger partial charge < -0.3 is 20.4 Å². The van der Waals surface area contributed by atoms with E-state index in [1.54, 1.807) is 12.1 Å². The predicted molar refractivity (Wildman–Crippen MR) is 110 cm³/mol. The molecular formula is C20H24FN4OS+. The largest absolute Gasteiger partial charge is 0.338 e. The Morgan fingerprint density at radius 1 is 1.11 bits per heavy atom. The molecule has 1 heterocycles. The molecule has 0 aromatic heterocycles. The van der Waals surface area contributed by atoms with Crippen molar-refractivity contribution >= 4 is 34.6 Å². The number of quaternary nitrogens is 1. The fourth-order valence-corrected chi connectivity index (χ4v) is 3.34. The third-order valence-electron chi connectivity index (χ3n) is 4.58. The highest BCUT2D eigenvalue weighted by molar-refractivity contribution is 7.80. The Morgan fingerprint density at radius 3 is 2.48 bits per heavy atom. The molecule has 3 N–H and O–H groups in total. The molecule has 0 unspecified atom stereocenters. The van der Waals surface area contributed by atoms with Crippen LogP contribution >= 0.6 is 12.2 Å². The molecule has 1 fully saturated rings. The molecule has 2 aromatic carbocycles. The van der Waals surface area contributed by atoms with Gasteiger partial charge in [-0.2, -0.15) is 0 Å². The second-order valence-corrected chi connectivity index (χ2v) is 7.16. The van der Waals surface area contributed by atoms with Crippen LogP contribution in [0.5, 0.6) is 0 Å². The van der Waals surface area contributed by atoms with E-state index in [-0.39, 0.29) is 11.7 Å². The van der Waals surface area contributed by atoms with Crippen LogP contribution in [0.4, 0.5) is 15.8 Å². The monoisotopic (exact) mass is 387 g/mol. The van der Waals surface area contributed by atoms with Gasteiger partial charge in [-0.15, -0.1) is 0 Å². The van der Waals surface area contributed by atoms with E-state index in [0.29, 0.717) is 17.3 Å². The molecule has 0 bridgehead atoms. The SMILES string of the molecule is Cc1ccc(NC(=S)N2CC[NH+](CC(=O)Nc3cccc(F)c3)CC2)cc1. The first-order valence-corrected chi connectivity index (χ1v) is 9.42. The molecule has 5 nitrogen and oxygen atoms in total. The summed E-state index contributed by atoms with van der Waals surface area (Å²) in [6.07, 6.45) is 0. The number of piperazine rings is 1. The Labute approximate surface area is 164 Å². The maximum Gasteiger partial charge on any atom is 0.279 e. The first-order valence-electron chi connectivity index (χ1n) is 9.01. The summed E-state index contributed by atoms with van der Waals surface area (Å²) in [6, 6.07) is 14.1. The summed E-state index contributed by atoms with van der Waals surface area (Å²) in [7, 11) is 0. The molecule has 0 spiro atoms. The zero-order valence-corrected chi connectivity index (χ0v) is 16.1. The number of thiocarbonyl (C=S) groups is 1. The molecular weight excluding hydrogens is 363 g/mol. The molecule has 1 aliphatic heterocycles. The number of halogens is 1. The van der Waals surface area contributed by atoms with Crippen molar-refractivity contribution in [3.05, 3.63) is 59.9 Å². The fourth-order valence-electron chi connectivity index (χ4n) is 3.04. The molecule has 0 radical (unpaired) electrons. The van der Waals surface area contributed by atoms with Gasteiger partial charge in [-0.3, -0.25) is 4.79 Å². The van der Waals surface area contributed by atoms with Gasteiger partial charge in [0.15, 0.2) is 11.7 Å². The predicted octanol–water partition coefficient (Wildman–Crippen LogP) is 1.67. The van der Waals surface area contributed by atoms with Crippen molar-refractivity contribution in [2.75, 3.05) is 43.4 Å². The zero-order valence-electron chi connectivity index (χ0n) is 15.3. The number of carbonyl (C=O) groups excluding carboxylic acids is 1.